The number of phenolic OH excluding ortho intramolecular Hbond substituents is 1. The normalized spacial score (nSPS) is 15.7. The molecule has 0 amide bonds. The molecule has 0 spiro atoms. The summed E-state index contributed by atoms with van der Waals surface area (Å²) < 4.78 is 0. The molecule has 1 atom stereocenters. The van der Waals surface area contributed by atoms with Crippen LogP contribution in [0.2, 0.25) is 0 Å². The van der Waals surface area contributed by atoms with Crippen LogP contribution >= 0.6 is 0 Å². The summed E-state index contributed by atoms with van der Waals surface area (Å²) in [6.07, 6.45) is 1.04. The van der Waals surface area contributed by atoms with Gasteiger partial charge in [-0.15, -0.1) is 0 Å². The van der Waals surface area contributed by atoms with Crippen LogP contribution in [0.4, 0.5) is 11.4 Å². The largest absolute Gasteiger partial charge is 0.508 e. The first-order valence-electron chi connectivity index (χ1n) is 7.56. The molecule has 110 valence electrons. The van der Waals surface area contributed by atoms with Crippen LogP contribution in [0.25, 0.3) is 0 Å². The number of para-hydroxylation sites is 2. The first-order chi connectivity index (χ1) is 10.2. The average molecular weight is 282 g/mol. The molecule has 21 heavy (non-hydrogen) atoms. The topological polar surface area (TPSA) is 26.7 Å². The van der Waals surface area contributed by atoms with Crippen LogP contribution in [0.1, 0.15) is 24.9 Å². The van der Waals surface area contributed by atoms with Gasteiger partial charge < -0.3 is 14.9 Å². The van der Waals surface area contributed by atoms with E-state index in [1.54, 1.807) is 12.1 Å². The summed E-state index contributed by atoms with van der Waals surface area (Å²) in [5.74, 6) is 0.326. The SMILES string of the molecule is CCC(c1ccc(O)cc1)N1CCN(C)c2ccccc21. The lowest BCUT2D eigenvalue weighted by Crippen LogP contribution is -2.41. The molecule has 0 aromatic heterocycles. The highest BCUT2D eigenvalue weighted by molar-refractivity contribution is 5.73. The fourth-order valence-corrected chi connectivity index (χ4v) is 3.18. The van der Waals surface area contributed by atoms with E-state index in [1.165, 1.54) is 16.9 Å². The first-order valence-corrected chi connectivity index (χ1v) is 7.56. The zero-order valence-corrected chi connectivity index (χ0v) is 12.7. The highest BCUT2D eigenvalue weighted by Crippen LogP contribution is 2.38. The van der Waals surface area contributed by atoms with Crippen LogP contribution in [-0.4, -0.2) is 25.2 Å². The van der Waals surface area contributed by atoms with Crippen LogP contribution in [-0.2, 0) is 0 Å². The molecular formula is C18H22N2O. The second-order valence-electron chi connectivity index (χ2n) is 5.62. The molecule has 1 aliphatic rings. The lowest BCUT2D eigenvalue weighted by atomic mass is 10.00. The van der Waals surface area contributed by atoms with E-state index in [0.717, 1.165) is 19.5 Å². The van der Waals surface area contributed by atoms with Gasteiger partial charge in [0.1, 0.15) is 5.75 Å². The fourth-order valence-electron chi connectivity index (χ4n) is 3.18. The number of likely N-dealkylation sites (N-methyl/N-ethyl adjacent to an activating group) is 1. The zero-order chi connectivity index (χ0) is 14.8. The molecule has 0 aliphatic carbocycles. The number of fused-ring (bicyclic) bond motifs is 1. The van der Waals surface area contributed by atoms with Crippen molar-refractivity contribution >= 4 is 11.4 Å². The Bertz CT molecular complexity index is 609. The van der Waals surface area contributed by atoms with Crippen LogP contribution in [0, 0.1) is 0 Å². The van der Waals surface area contributed by atoms with Gasteiger partial charge in [-0.2, -0.15) is 0 Å². The van der Waals surface area contributed by atoms with Crippen molar-refractivity contribution in [3.63, 3.8) is 0 Å². The van der Waals surface area contributed by atoms with Crippen molar-refractivity contribution in [2.24, 2.45) is 0 Å². The third-order valence-corrected chi connectivity index (χ3v) is 4.32. The Labute approximate surface area is 126 Å². The minimum absolute atomic E-state index is 0.326. The summed E-state index contributed by atoms with van der Waals surface area (Å²) in [7, 11) is 2.15. The van der Waals surface area contributed by atoms with Crippen molar-refractivity contribution < 1.29 is 5.11 Å². The molecule has 0 saturated heterocycles. The highest BCUT2D eigenvalue weighted by atomic mass is 16.3. The maximum absolute atomic E-state index is 9.49. The standard InChI is InChI=1S/C18H22N2O/c1-3-16(14-8-10-15(21)11-9-14)20-13-12-19(2)17-6-4-5-7-18(17)20/h4-11,16,21H,3,12-13H2,1-2H3. The lowest BCUT2D eigenvalue weighted by Gasteiger charge is -2.41. The van der Waals surface area contributed by atoms with E-state index in [9.17, 15) is 5.11 Å². The quantitative estimate of drug-likeness (QED) is 0.927. The van der Waals surface area contributed by atoms with Crippen LogP contribution < -0.4 is 9.80 Å². The number of phenols is 1. The summed E-state index contributed by atoms with van der Waals surface area (Å²) in [5.41, 5.74) is 3.85. The van der Waals surface area contributed by atoms with Gasteiger partial charge in [0, 0.05) is 20.1 Å². The lowest BCUT2D eigenvalue weighted by molar-refractivity contribution is 0.474. The van der Waals surface area contributed by atoms with Crippen LogP contribution in [0.15, 0.2) is 48.5 Å². The fraction of sp³-hybridized carbons (Fsp3) is 0.333. The third-order valence-electron chi connectivity index (χ3n) is 4.32. The van der Waals surface area contributed by atoms with Crippen molar-refractivity contribution in [2.75, 3.05) is 29.9 Å². The maximum atomic E-state index is 9.49. The predicted molar refractivity (Wildman–Crippen MR) is 88.2 cm³/mol. The number of hydrogen-bond acceptors (Lipinski definition) is 3. The van der Waals surface area contributed by atoms with Gasteiger partial charge >= 0.3 is 0 Å². The van der Waals surface area contributed by atoms with Crippen molar-refractivity contribution in [3.05, 3.63) is 54.1 Å². The molecule has 0 fully saturated rings. The predicted octanol–water partition coefficient (Wildman–Crippen LogP) is 3.80. The molecule has 3 nitrogen and oxygen atoms in total. The van der Waals surface area contributed by atoms with Gasteiger partial charge in [-0.3, -0.25) is 0 Å². The molecule has 2 aromatic rings. The number of aromatic hydroxyl groups is 1. The molecule has 3 rings (SSSR count). The molecule has 1 heterocycles. The molecule has 2 aromatic carbocycles. The molecule has 1 aliphatic heterocycles. The summed E-state index contributed by atoms with van der Waals surface area (Å²) in [5, 5.41) is 9.49. The number of nitrogens with zero attached hydrogens (tertiary/aromatic N) is 2. The smallest absolute Gasteiger partial charge is 0.115 e. The second kappa shape index (κ2) is 5.68. The average Bonchev–Trinajstić information content (AvgIpc) is 2.52. The number of anilines is 2. The van der Waals surface area contributed by atoms with E-state index in [4.69, 9.17) is 0 Å². The zero-order valence-electron chi connectivity index (χ0n) is 12.7. The van der Waals surface area contributed by atoms with E-state index in [1.807, 2.05) is 12.1 Å². The van der Waals surface area contributed by atoms with Gasteiger partial charge in [0.2, 0.25) is 0 Å². The van der Waals surface area contributed by atoms with Gasteiger partial charge in [-0.05, 0) is 36.2 Å². The number of benzene rings is 2. The minimum Gasteiger partial charge on any atom is -0.508 e. The third kappa shape index (κ3) is 2.56. The maximum Gasteiger partial charge on any atom is 0.115 e. The van der Waals surface area contributed by atoms with Gasteiger partial charge in [0.05, 0.1) is 17.4 Å². The Balaban J connectivity index is 1.98. The van der Waals surface area contributed by atoms with Crippen molar-refractivity contribution in [2.45, 2.75) is 19.4 Å². The summed E-state index contributed by atoms with van der Waals surface area (Å²) in [6.45, 7) is 4.27. The summed E-state index contributed by atoms with van der Waals surface area (Å²) >= 11 is 0. The summed E-state index contributed by atoms with van der Waals surface area (Å²) in [4.78, 5) is 4.80. The van der Waals surface area contributed by atoms with Gasteiger partial charge in [0.25, 0.3) is 0 Å². The summed E-state index contributed by atoms with van der Waals surface area (Å²) in [6, 6.07) is 16.6. The molecule has 0 bridgehead atoms. The van der Waals surface area contributed by atoms with Gasteiger partial charge in [-0.1, -0.05) is 31.2 Å². The van der Waals surface area contributed by atoms with E-state index < -0.39 is 0 Å². The number of hydrogen-bond donors (Lipinski definition) is 1. The Morgan fingerprint density at radius 3 is 2.33 bits per heavy atom. The van der Waals surface area contributed by atoms with Crippen molar-refractivity contribution in [3.8, 4) is 5.75 Å². The Morgan fingerprint density at radius 2 is 1.67 bits per heavy atom. The van der Waals surface area contributed by atoms with Crippen molar-refractivity contribution in [1.29, 1.82) is 0 Å². The van der Waals surface area contributed by atoms with E-state index in [-0.39, 0.29) is 0 Å². The molecular weight excluding hydrogens is 260 g/mol. The Morgan fingerprint density at radius 1 is 1.00 bits per heavy atom. The van der Waals surface area contributed by atoms with Crippen molar-refractivity contribution in [1.82, 2.24) is 0 Å². The first kappa shape index (κ1) is 13.8. The van der Waals surface area contributed by atoms with Crippen LogP contribution in [0.3, 0.4) is 0 Å². The van der Waals surface area contributed by atoms with E-state index in [2.05, 4.69) is 48.0 Å². The molecule has 1 N–H and O–H groups in total. The molecule has 1 unspecified atom stereocenters. The molecule has 0 radical (unpaired) electrons. The second-order valence-corrected chi connectivity index (χ2v) is 5.62. The van der Waals surface area contributed by atoms with E-state index in [0.29, 0.717) is 11.8 Å². The van der Waals surface area contributed by atoms with Gasteiger partial charge in [0.15, 0.2) is 0 Å². The highest BCUT2D eigenvalue weighted by Gasteiger charge is 2.26. The molecule has 3 heteroatoms. The monoisotopic (exact) mass is 282 g/mol. The Kier molecular flexibility index (Phi) is 3.74. The van der Waals surface area contributed by atoms with E-state index >= 15 is 0 Å². The Hall–Kier alpha value is -2.16. The van der Waals surface area contributed by atoms with Crippen LogP contribution in [0.5, 0.6) is 5.75 Å². The minimum atomic E-state index is 0.326. The number of rotatable bonds is 3. The molecule has 0 saturated carbocycles. The van der Waals surface area contributed by atoms with Gasteiger partial charge in [-0.25, -0.2) is 0 Å².